The van der Waals surface area contributed by atoms with Crippen LogP contribution in [-0.2, 0) is 11.2 Å². The molecule has 0 bridgehead atoms. The maximum atomic E-state index is 13.1. The van der Waals surface area contributed by atoms with Crippen molar-refractivity contribution in [1.29, 1.82) is 0 Å². The van der Waals surface area contributed by atoms with E-state index < -0.39 is 5.97 Å². The van der Waals surface area contributed by atoms with E-state index in [1.165, 1.54) is 11.6 Å². The van der Waals surface area contributed by atoms with E-state index in [9.17, 15) is 9.59 Å². The van der Waals surface area contributed by atoms with Crippen LogP contribution < -0.4 is 15.0 Å². The highest BCUT2D eigenvalue weighted by Gasteiger charge is 2.12. The highest BCUT2D eigenvalue weighted by atomic mass is 79.9. The lowest BCUT2D eigenvalue weighted by molar-refractivity contribution is -0.132. The van der Waals surface area contributed by atoms with Crippen LogP contribution >= 0.6 is 15.9 Å². The smallest absolute Gasteiger partial charge is 0.308 e. The molecule has 2 aromatic carbocycles. The average Bonchev–Trinajstić information content (AvgIpc) is 2.73. The highest BCUT2D eigenvalue weighted by Crippen LogP contribution is 2.28. The number of aromatic nitrogens is 2. The van der Waals surface area contributed by atoms with E-state index in [0.717, 1.165) is 17.3 Å². The number of carbonyl (C=O) groups is 1. The molecule has 1 heterocycles. The van der Waals surface area contributed by atoms with E-state index in [-0.39, 0.29) is 5.56 Å². The molecule has 0 aliphatic rings. The van der Waals surface area contributed by atoms with Crippen LogP contribution in [0.4, 0.5) is 0 Å². The van der Waals surface area contributed by atoms with E-state index in [4.69, 9.17) is 9.47 Å². The maximum Gasteiger partial charge on any atom is 0.308 e. The zero-order chi connectivity index (χ0) is 22.4. The molecule has 3 rings (SSSR count). The number of esters is 1. The SMILES string of the molecule is CCCCc1nc2ccc(Br)cc2c(=O)n1N=Cc1ccc(OC(C)=O)c(OCC)c1. The monoisotopic (exact) mass is 485 g/mol. The molecule has 1 aromatic heterocycles. The Hall–Kier alpha value is -3.00. The number of carbonyl (C=O) groups excluding carboxylic acids is 1. The van der Waals surface area contributed by atoms with Gasteiger partial charge in [0.05, 0.1) is 23.7 Å². The lowest BCUT2D eigenvalue weighted by Gasteiger charge is -2.11. The minimum atomic E-state index is -0.428. The van der Waals surface area contributed by atoms with Gasteiger partial charge in [-0.05, 0) is 55.3 Å². The Morgan fingerprint density at radius 3 is 2.71 bits per heavy atom. The first-order valence-corrected chi connectivity index (χ1v) is 10.9. The van der Waals surface area contributed by atoms with E-state index >= 15 is 0 Å². The van der Waals surface area contributed by atoms with Crippen LogP contribution in [0.5, 0.6) is 11.5 Å². The molecule has 0 spiro atoms. The first kappa shape index (κ1) is 22.7. The third-order valence-corrected chi connectivity index (χ3v) is 4.97. The van der Waals surface area contributed by atoms with Gasteiger partial charge in [0, 0.05) is 17.8 Å². The third-order valence-electron chi connectivity index (χ3n) is 4.47. The number of rotatable bonds is 8. The Bertz CT molecular complexity index is 1190. The van der Waals surface area contributed by atoms with Gasteiger partial charge < -0.3 is 9.47 Å². The molecule has 162 valence electrons. The minimum Gasteiger partial charge on any atom is -0.490 e. The van der Waals surface area contributed by atoms with Crippen molar-refractivity contribution < 1.29 is 14.3 Å². The van der Waals surface area contributed by atoms with Gasteiger partial charge in [-0.1, -0.05) is 29.3 Å². The van der Waals surface area contributed by atoms with Gasteiger partial charge in [-0.25, -0.2) is 4.98 Å². The largest absolute Gasteiger partial charge is 0.490 e. The van der Waals surface area contributed by atoms with Gasteiger partial charge in [-0.3, -0.25) is 9.59 Å². The zero-order valence-corrected chi connectivity index (χ0v) is 19.3. The van der Waals surface area contributed by atoms with Crippen molar-refractivity contribution in [3.8, 4) is 11.5 Å². The number of ether oxygens (including phenoxy) is 2. The number of nitrogens with zero attached hydrogens (tertiary/aromatic N) is 3. The van der Waals surface area contributed by atoms with Gasteiger partial charge in [0.25, 0.3) is 5.56 Å². The Labute approximate surface area is 188 Å². The molecule has 0 aliphatic carbocycles. The van der Waals surface area contributed by atoms with E-state index in [0.29, 0.717) is 46.8 Å². The van der Waals surface area contributed by atoms with Crippen LogP contribution in [0.1, 0.15) is 45.0 Å². The first-order chi connectivity index (χ1) is 14.9. The van der Waals surface area contributed by atoms with Crippen molar-refractivity contribution in [3.05, 3.63) is 62.6 Å². The number of unbranched alkanes of at least 4 members (excludes halogenated alkanes) is 1. The fourth-order valence-corrected chi connectivity index (χ4v) is 3.41. The van der Waals surface area contributed by atoms with Gasteiger partial charge in [0.1, 0.15) is 5.82 Å². The molecule has 8 heteroatoms. The van der Waals surface area contributed by atoms with Gasteiger partial charge in [-0.2, -0.15) is 9.78 Å². The van der Waals surface area contributed by atoms with Gasteiger partial charge in [0.2, 0.25) is 0 Å². The molecule has 0 atom stereocenters. The summed E-state index contributed by atoms with van der Waals surface area (Å²) in [4.78, 5) is 29.1. The lowest BCUT2D eigenvalue weighted by Crippen LogP contribution is -2.22. The topological polar surface area (TPSA) is 82.8 Å². The van der Waals surface area contributed by atoms with E-state index in [1.54, 1.807) is 30.5 Å². The second-order valence-electron chi connectivity index (χ2n) is 6.89. The first-order valence-electron chi connectivity index (χ1n) is 10.1. The molecule has 0 aliphatic heterocycles. The molecule has 0 saturated carbocycles. The fraction of sp³-hybridized carbons (Fsp3) is 0.304. The Morgan fingerprint density at radius 2 is 2.00 bits per heavy atom. The van der Waals surface area contributed by atoms with Gasteiger partial charge >= 0.3 is 5.97 Å². The molecular weight excluding hydrogens is 462 g/mol. The Balaban J connectivity index is 2.05. The number of aryl methyl sites for hydroxylation is 1. The number of halogens is 1. The molecule has 0 saturated heterocycles. The van der Waals surface area contributed by atoms with Crippen molar-refractivity contribution >= 4 is 39.0 Å². The summed E-state index contributed by atoms with van der Waals surface area (Å²) in [6.07, 6.45) is 4.09. The average molecular weight is 486 g/mol. The fourth-order valence-electron chi connectivity index (χ4n) is 3.05. The molecule has 3 aromatic rings. The number of fused-ring (bicyclic) bond motifs is 1. The molecule has 0 fully saturated rings. The predicted molar refractivity (Wildman–Crippen MR) is 124 cm³/mol. The molecule has 0 unspecified atom stereocenters. The minimum absolute atomic E-state index is 0.227. The zero-order valence-electron chi connectivity index (χ0n) is 17.7. The Kier molecular flexibility index (Phi) is 7.57. The standard InChI is InChI=1S/C23H24BrN3O4/c1-4-6-7-22-26-19-10-9-17(24)13-18(19)23(29)27(22)25-14-16-8-11-20(31-15(3)28)21(12-16)30-5-2/h8-14H,4-7H2,1-3H3. The van der Waals surface area contributed by atoms with E-state index in [1.807, 2.05) is 19.1 Å². The number of benzene rings is 2. The summed E-state index contributed by atoms with van der Waals surface area (Å²) < 4.78 is 12.9. The summed E-state index contributed by atoms with van der Waals surface area (Å²) in [5.41, 5.74) is 1.12. The van der Waals surface area contributed by atoms with Crippen molar-refractivity contribution in [3.63, 3.8) is 0 Å². The second-order valence-corrected chi connectivity index (χ2v) is 7.80. The molecular formula is C23H24BrN3O4. The summed E-state index contributed by atoms with van der Waals surface area (Å²) >= 11 is 3.41. The van der Waals surface area contributed by atoms with Crippen molar-refractivity contribution in [2.45, 2.75) is 40.0 Å². The highest BCUT2D eigenvalue weighted by molar-refractivity contribution is 9.10. The van der Waals surface area contributed by atoms with Crippen LogP contribution in [0.2, 0.25) is 0 Å². The summed E-state index contributed by atoms with van der Waals surface area (Å²) in [6.45, 7) is 5.68. The molecule has 31 heavy (non-hydrogen) atoms. The number of hydrogen-bond donors (Lipinski definition) is 0. The van der Waals surface area contributed by atoms with Crippen molar-refractivity contribution in [2.24, 2.45) is 5.10 Å². The normalized spacial score (nSPS) is 11.2. The predicted octanol–water partition coefficient (Wildman–Crippen LogP) is 4.71. The van der Waals surface area contributed by atoms with Crippen LogP contribution in [0.15, 0.2) is 50.8 Å². The summed E-state index contributed by atoms with van der Waals surface area (Å²) in [7, 11) is 0. The molecule has 0 radical (unpaired) electrons. The molecule has 0 amide bonds. The third kappa shape index (κ3) is 5.58. The summed E-state index contributed by atoms with van der Waals surface area (Å²) in [5, 5.41) is 4.93. The molecule has 0 N–H and O–H groups in total. The van der Waals surface area contributed by atoms with Crippen molar-refractivity contribution in [1.82, 2.24) is 9.66 Å². The van der Waals surface area contributed by atoms with E-state index in [2.05, 4.69) is 32.9 Å². The van der Waals surface area contributed by atoms with Crippen LogP contribution in [0.3, 0.4) is 0 Å². The van der Waals surface area contributed by atoms with Crippen molar-refractivity contribution in [2.75, 3.05) is 6.61 Å². The van der Waals surface area contributed by atoms with Crippen LogP contribution in [-0.4, -0.2) is 28.5 Å². The summed E-state index contributed by atoms with van der Waals surface area (Å²) in [5.74, 6) is 0.952. The Morgan fingerprint density at radius 1 is 1.19 bits per heavy atom. The lowest BCUT2D eigenvalue weighted by atomic mass is 10.2. The second kappa shape index (κ2) is 10.3. The quantitative estimate of drug-likeness (QED) is 0.262. The molecule has 7 nitrogen and oxygen atoms in total. The van der Waals surface area contributed by atoms with Crippen LogP contribution in [0.25, 0.3) is 10.9 Å². The van der Waals surface area contributed by atoms with Crippen LogP contribution in [0, 0.1) is 0 Å². The number of hydrogen-bond acceptors (Lipinski definition) is 6. The van der Waals surface area contributed by atoms with Gasteiger partial charge in [-0.15, -0.1) is 0 Å². The maximum absolute atomic E-state index is 13.1. The summed E-state index contributed by atoms with van der Waals surface area (Å²) in [6, 6.07) is 10.5. The van der Waals surface area contributed by atoms with Gasteiger partial charge in [0.15, 0.2) is 11.5 Å².